The molecule has 1 aromatic rings. The standard InChI is InChI=1S/C14H19NO3/c1-18-13-9-7-12(8-10-13)15(14(16)17)11-5-3-2-4-6-11/h2-6,12-13H,7-10H2,1H3,(H,16,17)/t12-,13-. The van der Waals surface area contributed by atoms with Gasteiger partial charge in [-0.05, 0) is 37.8 Å². The van der Waals surface area contributed by atoms with Crippen molar-refractivity contribution in [3.8, 4) is 0 Å². The summed E-state index contributed by atoms with van der Waals surface area (Å²) in [7, 11) is 1.72. The Labute approximate surface area is 107 Å². The fourth-order valence-corrected chi connectivity index (χ4v) is 2.61. The molecule has 0 bridgehead atoms. The minimum absolute atomic E-state index is 0.0660. The number of benzene rings is 1. The summed E-state index contributed by atoms with van der Waals surface area (Å²) in [5.74, 6) is 0. The summed E-state index contributed by atoms with van der Waals surface area (Å²) in [6.07, 6.45) is 2.99. The lowest BCUT2D eigenvalue weighted by atomic mass is 9.91. The molecule has 1 aliphatic carbocycles. The molecule has 4 heteroatoms. The van der Waals surface area contributed by atoms with Gasteiger partial charge in [0.05, 0.1) is 6.10 Å². The number of methoxy groups -OCH3 is 1. The largest absolute Gasteiger partial charge is 0.465 e. The molecule has 0 radical (unpaired) electrons. The Kier molecular flexibility index (Phi) is 4.20. The molecular weight excluding hydrogens is 230 g/mol. The molecule has 0 unspecified atom stereocenters. The average molecular weight is 249 g/mol. The molecule has 1 amide bonds. The van der Waals surface area contributed by atoms with E-state index >= 15 is 0 Å². The van der Waals surface area contributed by atoms with E-state index in [0.29, 0.717) is 0 Å². The first kappa shape index (κ1) is 12.9. The van der Waals surface area contributed by atoms with E-state index in [2.05, 4.69) is 0 Å². The van der Waals surface area contributed by atoms with Crippen LogP contribution in [0.2, 0.25) is 0 Å². The molecule has 18 heavy (non-hydrogen) atoms. The number of para-hydroxylation sites is 1. The van der Waals surface area contributed by atoms with E-state index in [1.54, 1.807) is 7.11 Å². The molecule has 0 spiro atoms. The van der Waals surface area contributed by atoms with Gasteiger partial charge in [0.15, 0.2) is 0 Å². The second kappa shape index (κ2) is 5.87. The lowest BCUT2D eigenvalue weighted by Crippen LogP contribution is -2.42. The Morgan fingerprint density at radius 2 is 1.83 bits per heavy atom. The van der Waals surface area contributed by atoms with Crippen molar-refractivity contribution in [1.29, 1.82) is 0 Å². The number of carbonyl (C=O) groups is 1. The van der Waals surface area contributed by atoms with E-state index in [1.165, 1.54) is 4.90 Å². The molecule has 0 aliphatic heterocycles. The van der Waals surface area contributed by atoms with Gasteiger partial charge >= 0.3 is 6.09 Å². The van der Waals surface area contributed by atoms with E-state index in [0.717, 1.165) is 31.4 Å². The van der Waals surface area contributed by atoms with Crippen molar-refractivity contribution in [2.75, 3.05) is 12.0 Å². The molecule has 0 aromatic heterocycles. The summed E-state index contributed by atoms with van der Waals surface area (Å²) in [5.41, 5.74) is 0.755. The molecule has 98 valence electrons. The number of hydrogen-bond acceptors (Lipinski definition) is 2. The van der Waals surface area contributed by atoms with Crippen LogP contribution in [-0.4, -0.2) is 30.5 Å². The summed E-state index contributed by atoms with van der Waals surface area (Å²) in [6.45, 7) is 0. The van der Waals surface area contributed by atoms with Gasteiger partial charge in [-0.2, -0.15) is 0 Å². The van der Waals surface area contributed by atoms with Crippen LogP contribution in [0.5, 0.6) is 0 Å². The van der Waals surface area contributed by atoms with Gasteiger partial charge in [0.2, 0.25) is 0 Å². The van der Waals surface area contributed by atoms with Gasteiger partial charge in [-0.15, -0.1) is 0 Å². The van der Waals surface area contributed by atoms with Crippen LogP contribution in [0.3, 0.4) is 0 Å². The Balaban J connectivity index is 2.10. The number of nitrogens with zero attached hydrogens (tertiary/aromatic N) is 1. The van der Waals surface area contributed by atoms with Crippen molar-refractivity contribution in [2.24, 2.45) is 0 Å². The van der Waals surface area contributed by atoms with E-state index in [1.807, 2.05) is 30.3 Å². The van der Waals surface area contributed by atoms with Crippen LogP contribution < -0.4 is 4.90 Å². The van der Waals surface area contributed by atoms with E-state index in [-0.39, 0.29) is 12.1 Å². The Bertz CT molecular complexity index is 385. The summed E-state index contributed by atoms with van der Waals surface area (Å²) < 4.78 is 5.32. The van der Waals surface area contributed by atoms with Crippen LogP contribution >= 0.6 is 0 Å². The number of amides is 1. The van der Waals surface area contributed by atoms with Gasteiger partial charge in [-0.3, -0.25) is 4.90 Å². The molecule has 1 N–H and O–H groups in total. The average Bonchev–Trinajstić information content (AvgIpc) is 2.40. The summed E-state index contributed by atoms with van der Waals surface area (Å²) in [6, 6.07) is 9.38. The van der Waals surface area contributed by atoms with Crippen LogP contribution in [0.4, 0.5) is 10.5 Å². The molecule has 0 atom stereocenters. The van der Waals surface area contributed by atoms with Crippen LogP contribution in [-0.2, 0) is 4.74 Å². The van der Waals surface area contributed by atoms with E-state index < -0.39 is 6.09 Å². The molecule has 4 nitrogen and oxygen atoms in total. The lowest BCUT2D eigenvalue weighted by Gasteiger charge is -2.34. The fraction of sp³-hybridized carbons (Fsp3) is 0.500. The van der Waals surface area contributed by atoms with Crippen molar-refractivity contribution in [2.45, 2.75) is 37.8 Å². The highest BCUT2D eigenvalue weighted by Gasteiger charge is 2.29. The van der Waals surface area contributed by atoms with Gasteiger partial charge in [-0.25, -0.2) is 4.79 Å². The maximum Gasteiger partial charge on any atom is 0.412 e. The second-order valence-electron chi connectivity index (χ2n) is 4.65. The predicted octanol–water partition coefficient (Wildman–Crippen LogP) is 3.13. The Morgan fingerprint density at radius 1 is 1.22 bits per heavy atom. The van der Waals surface area contributed by atoms with Crippen molar-refractivity contribution in [3.05, 3.63) is 30.3 Å². The van der Waals surface area contributed by atoms with Gasteiger partial charge in [0.1, 0.15) is 0 Å². The smallest absolute Gasteiger partial charge is 0.412 e. The zero-order valence-electron chi connectivity index (χ0n) is 10.6. The minimum atomic E-state index is -0.873. The highest BCUT2D eigenvalue weighted by molar-refractivity contribution is 5.86. The normalized spacial score (nSPS) is 23.6. The van der Waals surface area contributed by atoms with Crippen molar-refractivity contribution in [3.63, 3.8) is 0 Å². The quantitative estimate of drug-likeness (QED) is 0.895. The zero-order chi connectivity index (χ0) is 13.0. The highest BCUT2D eigenvalue weighted by atomic mass is 16.5. The topological polar surface area (TPSA) is 49.8 Å². The lowest BCUT2D eigenvalue weighted by molar-refractivity contribution is 0.0653. The first-order valence-electron chi connectivity index (χ1n) is 6.32. The third-order valence-corrected chi connectivity index (χ3v) is 3.58. The van der Waals surface area contributed by atoms with Gasteiger partial charge < -0.3 is 9.84 Å². The molecule has 0 saturated heterocycles. The van der Waals surface area contributed by atoms with E-state index in [9.17, 15) is 9.90 Å². The third-order valence-electron chi connectivity index (χ3n) is 3.58. The number of ether oxygens (including phenoxy) is 1. The van der Waals surface area contributed by atoms with Crippen LogP contribution in [0.25, 0.3) is 0 Å². The number of hydrogen-bond donors (Lipinski definition) is 1. The minimum Gasteiger partial charge on any atom is -0.465 e. The van der Waals surface area contributed by atoms with Crippen molar-refractivity contribution < 1.29 is 14.6 Å². The second-order valence-corrected chi connectivity index (χ2v) is 4.65. The maximum atomic E-state index is 11.4. The highest BCUT2D eigenvalue weighted by Crippen LogP contribution is 2.28. The predicted molar refractivity (Wildman–Crippen MR) is 70.0 cm³/mol. The SMILES string of the molecule is CO[C@H]1CC[C@H](N(C(=O)O)c2ccccc2)CC1. The molecule has 1 saturated carbocycles. The monoisotopic (exact) mass is 249 g/mol. The molecular formula is C14H19NO3. The molecule has 1 fully saturated rings. The first-order chi connectivity index (χ1) is 8.72. The maximum absolute atomic E-state index is 11.4. The third kappa shape index (κ3) is 2.82. The van der Waals surface area contributed by atoms with Crippen LogP contribution in [0.15, 0.2) is 30.3 Å². The van der Waals surface area contributed by atoms with Gasteiger partial charge in [0.25, 0.3) is 0 Å². The number of rotatable bonds is 3. The Hall–Kier alpha value is -1.55. The van der Waals surface area contributed by atoms with Gasteiger partial charge in [-0.1, -0.05) is 18.2 Å². The molecule has 1 aromatic carbocycles. The van der Waals surface area contributed by atoms with Crippen LogP contribution in [0, 0.1) is 0 Å². The first-order valence-corrected chi connectivity index (χ1v) is 6.32. The molecule has 1 aliphatic rings. The Morgan fingerprint density at radius 3 is 2.33 bits per heavy atom. The fourth-order valence-electron chi connectivity index (χ4n) is 2.61. The van der Waals surface area contributed by atoms with Crippen LogP contribution in [0.1, 0.15) is 25.7 Å². The molecule has 2 rings (SSSR count). The van der Waals surface area contributed by atoms with Crippen molar-refractivity contribution in [1.82, 2.24) is 0 Å². The number of carboxylic acid groups (broad SMARTS) is 1. The van der Waals surface area contributed by atoms with E-state index in [4.69, 9.17) is 4.74 Å². The summed E-state index contributed by atoms with van der Waals surface area (Å²) >= 11 is 0. The number of anilines is 1. The van der Waals surface area contributed by atoms with Gasteiger partial charge in [0, 0.05) is 18.8 Å². The van der Waals surface area contributed by atoms with Crippen molar-refractivity contribution >= 4 is 11.8 Å². The summed E-state index contributed by atoms with van der Waals surface area (Å²) in [5, 5.41) is 9.40. The molecule has 0 heterocycles. The summed E-state index contributed by atoms with van der Waals surface area (Å²) in [4.78, 5) is 12.9. The zero-order valence-corrected chi connectivity index (χ0v) is 10.6.